The second-order valence-corrected chi connectivity index (χ2v) is 5.36. The molecule has 1 saturated carbocycles. The lowest BCUT2D eigenvalue weighted by molar-refractivity contribution is -0.131. The molecule has 1 aliphatic carbocycles. The average molecular weight is 258 g/mol. The highest BCUT2D eigenvalue weighted by atomic mass is 16.4. The van der Waals surface area contributed by atoms with Crippen LogP contribution in [0.3, 0.4) is 0 Å². The van der Waals surface area contributed by atoms with Crippen LogP contribution in [-0.2, 0) is 11.2 Å². The number of hydrogen-bond acceptors (Lipinski definition) is 1. The Kier molecular flexibility index (Phi) is 5.20. The van der Waals surface area contributed by atoms with Gasteiger partial charge in [-0.05, 0) is 42.7 Å². The third-order valence-electron chi connectivity index (χ3n) is 3.92. The second-order valence-electron chi connectivity index (χ2n) is 5.36. The molecule has 0 radical (unpaired) electrons. The molecule has 19 heavy (non-hydrogen) atoms. The largest absolute Gasteiger partial charge is 0.478 e. The first-order valence-electron chi connectivity index (χ1n) is 7.24. The van der Waals surface area contributed by atoms with Crippen LogP contribution in [0.15, 0.2) is 36.4 Å². The first-order chi connectivity index (χ1) is 9.25. The van der Waals surface area contributed by atoms with Crippen LogP contribution >= 0.6 is 0 Å². The van der Waals surface area contributed by atoms with Gasteiger partial charge in [0.05, 0.1) is 0 Å². The third kappa shape index (κ3) is 4.55. The number of aliphatic carboxylic acids is 1. The quantitative estimate of drug-likeness (QED) is 0.799. The van der Waals surface area contributed by atoms with Gasteiger partial charge in [0.1, 0.15) is 0 Å². The highest BCUT2D eigenvalue weighted by Crippen LogP contribution is 2.32. The van der Waals surface area contributed by atoms with Crippen molar-refractivity contribution >= 4 is 5.97 Å². The molecule has 2 nitrogen and oxygen atoms in total. The maximum absolute atomic E-state index is 10.3. The molecule has 0 unspecified atom stereocenters. The van der Waals surface area contributed by atoms with Crippen LogP contribution in [-0.4, -0.2) is 11.1 Å². The molecule has 1 aliphatic rings. The van der Waals surface area contributed by atoms with Crippen LogP contribution in [0.1, 0.15) is 55.6 Å². The van der Waals surface area contributed by atoms with E-state index in [2.05, 4.69) is 24.3 Å². The molecule has 2 rings (SSSR count). The molecule has 102 valence electrons. The van der Waals surface area contributed by atoms with Crippen LogP contribution in [0.2, 0.25) is 0 Å². The van der Waals surface area contributed by atoms with E-state index in [1.165, 1.54) is 49.3 Å². The number of hydrogen-bond donors (Lipinski definition) is 1. The summed E-state index contributed by atoms with van der Waals surface area (Å²) in [7, 11) is 0. The van der Waals surface area contributed by atoms with Gasteiger partial charge in [-0.15, -0.1) is 0 Å². The van der Waals surface area contributed by atoms with Gasteiger partial charge in [0.15, 0.2) is 0 Å². The van der Waals surface area contributed by atoms with Crippen LogP contribution in [0.25, 0.3) is 0 Å². The van der Waals surface area contributed by atoms with Crippen molar-refractivity contribution in [3.8, 4) is 0 Å². The van der Waals surface area contributed by atoms with Crippen molar-refractivity contribution in [1.29, 1.82) is 0 Å². The normalized spacial score (nSPS) is 16.8. The van der Waals surface area contributed by atoms with Crippen molar-refractivity contribution in [3.05, 3.63) is 47.5 Å². The molecule has 0 saturated heterocycles. The number of allylic oxidation sites excluding steroid dienone is 1. The van der Waals surface area contributed by atoms with Gasteiger partial charge in [0, 0.05) is 6.08 Å². The summed E-state index contributed by atoms with van der Waals surface area (Å²) < 4.78 is 0. The highest BCUT2D eigenvalue weighted by Gasteiger charge is 2.14. The van der Waals surface area contributed by atoms with E-state index in [9.17, 15) is 4.79 Å². The standard InChI is InChI=1S/C17H22O2/c18-17(19)9-5-4-6-14-10-12-16(13-11-14)15-7-2-1-3-8-15/h5,9-13,15H,1-4,6-8H2,(H,18,19)/b9-5+. The Balaban J connectivity index is 1.85. The number of carboxylic acid groups (broad SMARTS) is 1. The molecular weight excluding hydrogens is 236 g/mol. The van der Waals surface area contributed by atoms with Gasteiger partial charge in [-0.3, -0.25) is 0 Å². The molecule has 0 amide bonds. The van der Waals surface area contributed by atoms with E-state index < -0.39 is 5.97 Å². The molecular formula is C17H22O2. The highest BCUT2D eigenvalue weighted by molar-refractivity contribution is 5.79. The Morgan fingerprint density at radius 3 is 2.47 bits per heavy atom. The van der Waals surface area contributed by atoms with Gasteiger partial charge < -0.3 is 5.11 Å². The summed E-state index contributed by atoms with van der Waals surface area (Å²) in [4.78, 5) is 10.3. The third-order valence-corrected chi connectivity index (χ3v) is 3.92. The minimum atomic E-state index is -0.868. The van der Waals surface area contributed by atoms with Gasteiger partial charge >= 0.3 is 5.97 Å². The summed E-state index contributed by atoms with van der Waals surface area (Å²) in [6, 6.07) is 8.90. The van der Waals surface area contributed by atoms with Crippen LogP contribution in [0.4, 0.5) is 0 Å². The van der Waals surface area contributed by atoms with Gasteiger partial charge in [0.25, 0.3) is 0 Å². The van der Waals surface area contributed by atoms with E-state index in [4.69, 9.17) is 5.11 Å². The predicted octanol–water partition coefficient (Wildman–Crippen LogP) is 4.31. The van der Waals surface area contributed by atoms with E-state index in [0.717, 1.165) is 18.8 Å². The zero-order chi connectivity index (χ0) is 13.5. The molecule has 0 heterocycles. The number of aryl methyl sites for hydroxylation is 1. The monoisotopic (exact) mass is 258 g/mol. The topological polar surface area (TPSA) is 37.3 Å². The molecule has 1 fully saturated rings. The Labute approximate surface area is 115 Å². The summed E-state index contributed by atoms with van der Waals surface area (Å²) in [5.41, 5.74) is 2.76. The van der Waals surface area contributed by atoms with Gasteiger partial charge in [-0.25, -0.2) is 4.79 Å². The molecule has 0 aromatic heterocycles. The van der Waals surface area contributed by atoms with Crippen molar-refractivity contribution in [2.24, 2.45) is 0 Å². The van der Waals surface area contributed by atoms with E-state index in [0.29, 0.717) is 0 Å². The van der Waals surface area contributed by atoms with Gasteiger partial charge in [-0.1, -0.05) is 49.6 Å². The Morgan fingerprint density at radius 2 is 1.84 bits per heavy atom. The summed E-state index contributed by atoms with van der Waals surface area (Å²) >= 11 is 0. The van der Waals surface area contributed by atoms with Crippen molar-refractivity contribution in [2.75, 3.05) is 0 Å². The van der Waals surface area contributed by atoms with Gasteiger partial charge in [0.2, 0.25) is 0 Å². The van der Waals surface area contributed by atoms with Crippen molar-refractivity contribution in [3.63, 3.8) is 0 Å². The van der Waals surface area contributed by atoms with E-state index >= 15 is 0 Å². The molecule has 0 aliphatic heterocycles. The average Bonchev–Trinajstić information content (AvgIpc) is 2.45. The van der Waals surface area contributed by atoms with E-state index in [1.54, 1.807) is 6.08 Å². The molecule has 2 heteroatoms. The van der Waals surface area contributed by atoms with Crippen molar-refractivity contribution < 1.29 is 9.90 Å². The first kappa shape index (κ1) is 13.9. The Hall–Kier alpha value is -1.57. The summed E-state index contributed by atoms with van der Waals surface area (Å²) in [5, 5.41) is 8.50. The summed E-state index contributed by atoms with van der Waals surface area (Å²) in [5.74, 6) is -0.109. The molecule has 0 spiro atoms. The van der Waals surface area contributed by atoms with Crippen LogP contribution in [0, 0.1) is 0 Å². The Bertz CT molecular complexity index is 425. The maximum Gasteiger partial charge on any atom is 0.327 e. The minimum Gasteiger partial charge on any atom is -0.478 e. The smallest absolute Gasteiger partial charge is 0.327 e. The van der Waals surface area contributed by atoms with Crippen molar-refractivity contribution in [1.82, 2.24) is 0 Å². The van der Waals surface area contributed by atoms with E-state index in [-0.39, 0.29) is 0 Å². The lowest BCUT2D eigenvalue weighted by Gasteiger charge is -2.22. The molecule has 1 N–H and O–H groups in total. The molecule has 1 aromatic carbocycles. The van der Waals surface area contributed by atoms with Crippen LogP contribution < -0.4 is 0 Å². The zero-order valence-electron chi connectivity index (χ0n) is 11.3. The zero-order valence-corrected chi connectivity index (χ0v) is 11.3. The second kappa shape index (κ2) is 7.13. The number of carboxylic acids is 1. The van der Waals surface area contributed by atoms with E-state index in [1.807, 2.05) is 0 Å². The fourth-order valence-electron chi connectivity index (χ4n) is 2.83. The maximum atomic E-state index is 10.3. The fourth-order valence-corrected chi connectivity index (χ4v) is 2.83. The number of rotatable bonds is 5. The minimum absolute atomic E-state index is 0.759. The lowest BCUT2D eigenvalue weighted by atomic mass is 9.84. The lowest BCUT2D eigenvalue weighted by Crippen LogP contribution is -2.04. The van der Waals surface area contributed by atoms with Crippen molar-refractivity contribution in [2.45, 2.75) is 50.9 Å². The van der Waals surface area contributed by atoms with Gasteiger partial charge in [-0.2, -0.15) is 0 Å². The SMILES string of the molecule is O=C(O)/C=C/CCc1ccc(C2CCCCC2)cc1. The number of benzene rings is 1. The fraction of sp³-hybridized carbons (Fsp3) is 0.471. The predicted molar refractivity (Wildman–Crippen MR) is 77.4 cm³/mol. The summed E-state index contributed by atoms with van der Waals surface area (Å²) in [6.07, 6.45) is 11.4. The molecule has 0 atom stereocenters. The number of carbonyl (C=O) groups is 1. The first-order valence-corrected chi connectivity index (χ1v) is 7.24. The summed E-state index contributed by atoms with van der Waals surface area (Å²) in [6.45, 7) is 0. The molecule has 1 aromatic rings. The molecule has 0 bridgehead atoms. The van der Waals surface area contributed by atoms with Crippen LogP contribution in [0.5, 0.6) is 0 Å². The Morgan fingerprint density at radius 1 is 1.16 bits per heavy atom.